The molecular formula is C16H16N4O2S. The van der Waals surface area contributed by atoms with E-state index in [0.717, 1.165) is 0 Å². The minimum atomic E-state index is -0.343. The number of nitrogens with zero attached hydrogens (tertiary/aromatic N) is 1. The van der Waals surface area contributed by atoms with Gasteiger partial charge >= 0.3 is 6.03 Å². The number of carbonyl (C=O) groups is 2. The molecule has 0 aliphatic rings. The van der Waals surface area contributed by atoms with E-state index in [4.69, 9.17) is 5.26 Å². The van der Waals surface area contributed by atoms with Crippen LogP contribution >= 0.6 is 11.3 Å². The molecule has 0 saturated heterocycles. The van der Waals surface area contributed by atoms with E-state index < -0.39 is 0 Å². The summed E-state index contributed by atoms with van der Waals surface area (Å²) in [5.41, 5.74) is 1.05. The lowest BCUT2D eigenvalue weighted by atomic mass is 10.2. The number of hydrogen-bond acceptors (Lipinski definition) is 4. The third-order valence-electron chi connectivity index (χ3n) is 2.92. The van der Waals surface area contributed by atoms with E-state index in [-0.39, 0.29) is 11.9 Å². The molecule has 23 heavy (non-hydrogen) atoms. The van der Waals surface area contributed by atoms with Gasteiger partial charge < -0.3 is 16.0 Å². The number of amides is 3. The zero-order valence-corrected chi connectivity index (χ0v) is 13.2. The van der Waals surface area contributed by atoms with Gasteiger partial charge in [0.25, 0.3) is 5.91 Å². The van der Waals surface area contributed by atoms with Gasteiger partial charge in [-0.3, -0.25) is 4.79 Å². The number of carbonyl (C=O) groups excluding carboxylic acids is 2. The molecule has 0 spiro atoms. The second kappa shape index (κ2) is 8.56. The number of hydrogen-bond donors (Lipinski definition) is 3. The van der Waals surface area contributed by atoms with Crippen LogP contribution in [0, 0.1) is 11.3 Å². The van der Waals surface area contributed by atoms with Gasteiger partial charge in [-0.05, 0) is 36.1 Å². The summed E-state index contributed by atoms with van der Waals surface area (Å²) >= 11 is 1.39. The number of benzene rings is 1. The van der Waals surface area contributed by atoms with Crippen molar-refractivity contribution < 1.29 is 9.59 Å². The zero-order chi connectivity index (χ0) is 16.5. The van der Waals surface area contributed by atoms with Crippen LogP contribution in [-0.2, 0) is 0 Å². The minimum Gasteiger partial charge on any atom is -0.351 e. The number of nitrogens with one attached hydrogen (secondary N) is 3. The number of rotatable bonds is 6. The molecule has 0 saturated carbocycles. The molecule has 0 aliphatic heterocycles. The van der Waals surface area contributed by atoms with Crippen LogP contribution < -0.4 is 16.0 Å². The molecular weight excluding hydrogens is 312 g/mol. The largest absolute Gasteiger partial charge is 0.351 e. The Hall–Kier alpha value is -2.85. The quantitative estimate of drug-likeness (QED) is 0.711. The first-order valence-electron chi connectivity index (χ1n) is 7.06. The number of urea groups is 1. The molecule has 6 nitrogen and oxygen atoms in total. The Morgan fingerprint density at radius 2 is 1.96 bits per heavy atom. The lowest BCUT2D eigenvalue weighted by molar-refractivity contribution is 0.0957. The van der Waals surface area contributed by atoms with Gasteiger partial charge in [-0.2, -0.15) is 5.26 Å². The number of nitriles is 1. The van der Waals surface area contributed by atoms with Crippen molar-refractivity contribution in [1.82, 2.24) is 10.6 Å². The monoisotopic (exact) mass is 328 g/mol. The second-order valence-corrected chi connectivity index (χ2v) is 5.61. The van der Waals surface area contributed by atoms with Crippen LogP contribution in [0.2, 0.25) is 0 Å². The first-order chi connectivity index (χ1) is 11.2. The second-order valence-electron chi connectivity index (χ2n) is 4.66. The fourth-order valence-corrected chi connectivity index (χ4v) is 2.47. The highest BCUT2D eigenvalue weighted by atomic mass is 32.1. The van der Waals surface area contributed by atoms with Gasteiger partial charge in [-0.1, -0.05) is 12.1 Å². The third-order valence-corrected chi connectivity index (χ3v) is 3.79. The molecule has 2 aromatic rings. The van der Waals surface area contributed by atoms with E-state index in [0.29, 0.717) is 35.6 Å². The third kappa shape index (κ3) is 5.45. The van der Waals surface area contributed by atoms with Crippen molar-refractivity contribution in [3.05, 3.63) is 52.2 Å². The van der Waals surface area contributed by atoms with Gasteiger partial charge in [0.05, 0.1) is 16.5 Å². The highest BCUT2D eigenvalue weighted by molar-refractivity contribution is 7.12. The summed E-state index contributed by atoms with van der Waals surface area (Å²) in [5, 5.41) is 18.8. The predicted molar refractivity (Wildman–Crippen MR) is 89.4 cm³/mol. The van der Waals surface area contributed by atoms with E-state index in [2.05, 4.69) is 16.0 Å². The maximum Gasteiger partial charge on any atom is 0.319 e. The van der Waals surface area contributed by atoms with Gasteiger partial charge in [0.1, 0.15) is 0 Å². The molecule has 0 atom stereocenters. The molecule has 0 radical (unpaired) electrons. The van der Waals surface area contributed by atoms with Crippen LogP contribution in [0.3, 0.4) is 0 Å². The molecule has 1 aromatic carbocycles. The SMILES string of the molecule is N#Cc1cccc(NC(=O)NCCCNC(=O)c2cccs2)c1. The average molecular weight is 328 g/mol. The number of thiophene rings is 1. The van der Waals surface area contributed by atoms with Gasteiger partial charge in [0.15, 0.2) is 0 Å². The highest BCUT2D eigenvalue weighted by Crippen LogP contribution is 2.09. The van der Waals surface area contributed by atoms with E-state index >= 15 is 0 Å². The Morgan fingerprint density at radius 1 is 1.13 bits per heavy atom. The molecule has 2 rings (SSSR count). The Bertz CT molecular complexity index is 707. The van der Waals surface area contributed by atoms with E-state index in [1.807, 2.05) is 17.5 Å². The van der Waals surface area contributed by atoms with Crippen molar-refractivity contribution in [3.63, 3.8) is 0 Å². The summed E-state index contributed by atoms with van der Waals surface area (Å²) in [4.78, 5) is 24.1. The maximum absolute atomic E-state index is 11.7. The smallest absolute Gasteiger partial charge is 0.319 e. The predicted octanol–water partition coefficient (Wildman–Crippen LogP) is 2.56. The Morgan fingerprint density at radius 3 is 2.70 bits per heavy atom. The standard InChI is InChI=1S/C16H16N4O2S/c17-11-12-4-1-5-13(10-12)20-16(22)19-8-3-7-18-15(21)14-6-2-9-23-14/h1-2,4-6,9-10H,3,7-8H2,(H,18,21)(H2,19,20,22). The molecule has 118 valence electrons. The Kier molecular flexibility index (Phi) is 6.15. The van der Waals surface area contributed by atoms with Crippen molar-refractivity contribution in [2.24, 2.45) is 0 Å². The van der Waals surface area contributed by atoms with E-state index in [1.54, 1.807) is 30.3 Å². The van der Waals surface area contributed by atoms with Crippen LogP contribution in [0.5, 0.6) is 0 Å². The Balaban J connectivity index is 1.63. The van der Waals surface area contributed by atoms with Crippen molar-refractivity contribution in [3.8, 4) is 6.07 Å². The number of anilines is 1. The molecule has 0 aliphatic carbocycles. The van der Waals surface area contributed by atoms with Crippen LogP contribution in [0.25, 0.3) is 0 Å². The lowest BCUT2D eigenvalue weighted by Crippen LogP contribution is -2.32. The average Bonchev–Trinajstić information content (AvgIpc) is 3.09. The van der Waals surface area contributed by atoms with Crippen LogP contribution in [0.4, 0.5) is 10.5 Å². The summed E-state index contributed by atoms with van der Waals surface area (Å²) in [6, 6.07) is 11.9. The topological polar surface area (TPSA) is 94.0 Å². The summed E-state index contributed by atoms with van der Waals surface area (Å²) in [6.45, 7) is 0.926. The molecule has 7 heteroatoms. The minimum absolute atomic E-state index is 0.0993. The highest BCUT2D eigenvalue weighted by Gasteiger charge is 2.05. The van der Waals surface area contributed by atoms with Crippen molar-refractivity contribution in [2.75, 3.05) is 18.4 Å². The first kappa shape index (κ1) is 16.5. The summed E-state index contributed by atoms with van der Waals surface area (Å²) < 4.78 is 0. The fourth-order valence-electron chi connectivity index (χ4n) is 1.83. The molecule has 3 amide bonds. The summed E-state index contributed by atoms with van der Waals surface area (Å²) in [6.07, 6.45) is 0.628. The molecule has 1 aromatic heterocycles. The van der Waals surface area contributed by atoms with E-state index in [1.165, 1.54) is 11.3 Å². The molecule has 0 bridgehead atoms. The van der Waals surface area contributed by atoms with Crippen LogP contribution in [0.15, 0.2) is 41.8 Å². The van der Waals surface area contributed by atoms with Crippen LogP contribution in [0.1, 0.15) is 21.7 Å². The maximum atomic E-state index is 11.7. The van der Waals surface area contributed by atoms with Crippen molar-refractivity contribution in [2.45, 2.75) is 6.42 Å². The zero-order valence-electron chi connectivity index (χ0n) is 12.3. The van der Waals surface area contributed by atoms with E-state index in [9.17, 15) is 9.59 Å². The summed E-state index contributed by atoms with van der Waals surface area (Å²) in [5.74, 6) is -0.0993. The van der Waals surface area contributed by atoms with Crippen molar-refractivity contribution >= 4 is 29.0 Å². The van der Waals surface area contributed by atoms with Gasteiger partial charge in [-0.15, -0.1) is 11.3 Å². The van der Waals surface area contributed by atoms with Gasteiger partial charge in [0.2, 0.25) is 0 Å². The fraction of sp³-hybridized carbons (Fsp3) is 0.188. The Labute approximate surface area is 138 Å². The van der Waals surface area contributed by atoms with Crippen molar-refractivity contribution in [1.29, 1.82) is 5.26 Å². The molecule has 0 unspecified atom stereocenters. The normalized spacial score (nSPS) is 9.70. The van der Waals surface area contributed by atoms with Gasteiger partial charge in [-0.25, -0.2) is 4.79 Å². The van der Waals surface area contributed by atoms with Crippen LogP contribution in [-0.4, -0.2) is 25.0 Å². The molecule has 3 N–H and O–H groups in total. The lowest BCUT2D eigenvalue weighted by Gasteiger charge is -2.08. The first-order valence-corrected chi connectivity index (χ1v) is 7.94. The summed E-state index contributed by atoms with van der Waals surface area (Å²) in [7, 11) is 0. The molecule has 0 fully saturated rings. The van der Waals surface area contributed by atoms with Gasteiger partial charge in [0, 0.05) is 18.8 Å². The molecule has 1 heterocycles.